The van der Waals surface area contributed by atoms with Crippen molar-refractivity contribution in [2.45, 2.75) is 6.92 Å². The van der Waals surface area contributed by atoms with E-state index in [-0.39, 0.29) is 12.5 Å². The van der Waals surface area contributed by atoms with Crippen molar-refractivity contribution in [3.05, 3.63) is 66.3 Å². The number of benzene rings is 1. The molecule has 3 N–H and O–H groups in total. The monoisotopic (exact) mass is 270 g/mol. The Balaban J connectivity index is 2.85. The molecule has 104 valence electrons. The van der Waals surface area contributed by atoms with Crippen molar-refractivity contribution in [1.29, 1.82) is 0 Å². The SMILES string of the molecule is C=C/C(=C\C=C/C)c1ccc(C(=O)NCC(N)=O)cc1. The van der Waals surface area contributed by atoms with Crippen molar-refractivity contribution >= 4 is 17.4 Å². The van der Waals surface area contributed by atoms with Gasteiger partial charge in [-0.05, 0) is 30.2 Å². The van der Waals surface area contributed by atoms with Crippen molar-refractivity contribution in [2.75, 3.05) is 6.54 Å². The summed E-state index contributed by atoms with van der Waals surface area (Å²) in [6.07, 6.45) is 7.54. The van der Waals surface area contributed by atoms with Crippen LogP contribution in [-0.2, 0) is 4.79 Å². The molecule has 0 bridgehead atoms. The maximum absolute atomic E-state index is 11.7. The van der Waals surface area contributed by atoms with Crippen LogP contribution in [0.25, 0.3) is 5.57 Å². The second kappa shape index (κ2) is 7.74. The predicted molar refractivity (Wildman–Crippen MR) is 81.0 cm³/mol. The standard InChI is InChI=1S/C16H18N2O2/c1-3-5-6-12(4-2)13-7-9-14(10-8-13)16(20)18-11-15(17)19/h3-10H,2,11H2,1H3,(H2,17,19)(H,18,20)/b5-3-,12-6+. The first kappa shape index (κ1) is 15.4. The lowest BCUT2D eigenvalue weighted by Gasteiger charge is -2.05. The van der Waals surface area contributed by atoms with E-state index in [1.807, 2.05) is 37.3 Å². The number of amides is 2. The first-order chi connectivity index (χ1) is 9.58. The maximum Gasteiger partial charge on any atom is 0.251 e. The van der Waals surface area contributed by atoms with E-state index in [2.05, 4.69) is 11.9 Å². The third-order valence-corrected chi connectivity index (χ3v) is 2.59. The van der Waals surface area contributed by atoms with Gasteiger partial charge in [0.1, 0.15) is 0 Å². The first-order valence-electron chi connectivity index (χ1n) is 6.21. The Hall–Kier alpha value is -2.62. The van der Waals surface area contributed by atoms with Crippen LogP contribution in [0.2, 0.25) is 0 Å². The van der Waals surface area contributed by atoms with Gasteiger partial charge in [0.25, 0.3) is 5.91 Å². The third-order valence-electron chi connectivity index (χ3n) is 2.59. The summed E-state index contributed by atoms with van der Waals surface area (Å²) in [4.78, 5) is 22.3. The quantitative estimate of drug-likeness (QED) is 0.776. The van der Waals surface area contributed by atoms with Gasteiger partial charge in [-0.1, -0.05) is 43.0 Å². The van der Waals surface area contributed by atoms with E-state index in [0.29, 0.717) is 5.56 Å². The summed E-state index contributed by atoms with van der Waals surface area (Å²) in [5.41, 5.74) is 7.37. The lowest BCUT2D eigenvalue weighted by molar-refractivity contribution is -0.117. The molecule has 2 amide bonds. The van der Waals surface area contributed by atoms with E-state index in [1.165, 1.54) is 0 Å². The van der Waals surface area contributed by atoms with Gasteiger partial charge in [-0.25, -0.2) is 0 Å². The summed E-state index contributed by atoms with van der Waals surface area (Å²) in [5, 5.41) is 2.44. The van der Waals surface area contributed by atoms with Crippen molar-refractivity contribution in [3.63, 3.8) is 0 Å². The molecule has 0 heterocycles. The molecule has 0 unspecified atom stereocenters. The molecular weight excluding hydrogens is 252 g/mol. The van der Waals surface area contributed by atoms with E-state index in [0.717, 1.165) is 11.1 Å². The fourth-order valence-electron chi connectivity index (χ4n) is 1.57. The highest BCUT2D eigenvalue weighted by Crippen LogP contribution is 2.16. The van der Waals surface area contributed by atoms with Gasteiger partial charge in [-0.15, -0.1) is 0 Å². The summed E-state index contributed by atoms with van der Waals surface area (Å²) in [6, 6.07) is 7.05. The molecule has 0 aliphatic rings. The molecule has 0 fully saturated rings. The summed E-state index contributed by atoms with van der Waals surface area (Å²) in [5.74, 6) is -0.897. The number of rotatable bonds is 6. The van der Waals surface area contributed by atoms with Crippen molar-refractivity contribution in [3.8, 4) is 0 Å². The average Bonchev–Trinajstić information content (AvgIpc) is 2.46. The van der Waals surface area contributed by atoms with Crippen LogP contribution in [0.1, 0.15) is 22.8 Å². The number of carbonyl (C=O) groups is 2. The number of allylic oxidation sites excluding steroid dienone is 5. The van der Waals surface area contributed by atoms with E-state index >= 15 is 0 Å². The number of hydrogen-bond donors (Lipinski definition) is 2. The number of nitrogens with one attached hydrogen (secondary N) is 1. The molecular formula is C16H18N2O2. The largest absolute Gasteiger partial charge is 0.368 e. The zero-order chi connectivity index (χ0) is 15.0. The Labute approximate surface area is 118 Å². The molecule has 0 aliphatic heterocycles. The zero-order valence-corrected chi connectivity index (χ0v) is 11.4. The fourth-order valence-corrected chi connectivity index (χ4v) is 1.57. The first-order valence-corrected chi connectivity index (χ1v) is 6.21. The van der Waals surface area contributed by atoms with Gasteiger partial charge in [-0.3, -0.25) is 9.59 Å². The van der Waals surface area contributed by atoms with Gasteiger partial charge in [0.2, 0.25) is 5.91 Å². The minimum absolute atomic E-state index is 0.167. The van der Waals surface area contributed by atoms with Crippen LogP contribution in [0, 0.1) is 0 Å². The van der Waals surface area contributed by atoms with Gasteiger partial charge in [0.05, 0.1) is 6.54 Å². The van der Waals surface area contributed by atoms with Crippen molar-refractivity contribution in [2.24, 2.45) is 5.73 Å². The second-order valence-electron chi connectivity index (χ2n) is 4.08. The van der Waals surface area contributed by atoms with Gasteiger partial charge >= 0.3 is 0 Å². The molecule has 4 nitrogen and oxygen atoms in total. The molecule has 1 rings (SSSR count). The zero-order valence-electron chi connectivity index (χ0n) is 11.4. The highest BCUT2D eigenvalue weighted by molar-refractivity contribution is 5.96. The van der Waals surface area contributed by atoms with Crippen molar-refractivity contribution in [1.82, 2.24) is 5.32 Å². The van der Waals surface area contributed by atoms with Gasteiger partial charge < -0.3 is 11.1 Å². The fraction of sp³-hybridized carbons (Fsp3) is 0.125. The van der Waals surface area contributed by atoms with Gasteiger partial charge in [0, 0.05) is 5.56 Å². The minimum Gasteiger partial charge on any atom is -0.368 e. The highest BCUT2D eigenvalue weighted by Gasteiger charge is 2.06. The van der Waals surface area contributed by atoms with E-state index in [4.69, 9.17) is 5.73 Å². The van der Waals surface area contributed by atoms with E-state index in [9.17, 15) is 9.59 Å². The Bertz CT molecular complexity index is 554. The van der Waals surface area contributed by atoms with Crippen molar-refractivity contribution < 1.29 is 9.59 Å². The maximum atomic E-state index is 11.7. The Morgan fingerprint density at radius 2 is 1.85 bits per heavy atom. The van der Waals surface area contributed by atoms with Crippen LogP contribution < -0.4 is 11.1 Å². The number of hydrogen-bond acceptors (Lipinski definition) is 2. The Kier molecular flexibility index (Phi) is 5.97. The summed E-state index contributed by atoms with van der Waals surface area (Å²) >= 11 is 0. The lowest BCUT2D eigenvalue weighted by Crippen LogP contribution is -2.33. The van der Waals surface area contributed by atoms with Gasteiger partial charge in [-0.2, -0.15) is 0 Å². The second-order valence-corrected chi connectivity index (χ2v) is 4.08. The molecule has 0 aromatic heterocycles. The van der Waals surface area contributed by atoms with Crippen LogP contribution in [0.5, 0.6) is 0 Å². The minimum atomic E-state index is -0.571. The highest BCUT2D eigenvalue weighted by atomic mass is 16.2. The molecule has 0 radical (unpaired) electrons. The van der Waals surface area contributed by atoms with Crippen LogP contribution in [0.4, 0.5) is 0 Å². The van der Waals surface area contributed by atoms with Gasteiger partial charge in [0.15, 0.2) is 0 Å². The van der Waals surface area contributed by atoms with Crippen LogP contribution in [0.3, 0.4) is 0 Å². The molecule has 1 aromatic carbocycles. The lowest BCUT2D eigenvalue weighted by atomic mass is 10.0. The molecule has 20 heavy (non-hydrogen) atoms. The topological polar surface area (TPSA) is 72.2 Å². The summed E-state index contributed by atoms with van der Waals surface area (Å²) < 4.78 is 0. The van der Waals surface area contributed by atoms with E-state index in [1.54, 1.807) is 18.2 Å². The van der Waals surface area contributed by atoms with Crippen LogP contribution in [0.15, 0.2) is 55.1 Å². The Morgan fingerprint density at radius 3 is 2.35 bits per heavy atom. The number of primary amides is 1. The third kappa shape index (κ3) is 4.57. The van der Waals surface area contributed by atoms with Crippen LogP contribution in [-0.4, -0.2) is 18.4 Å². The molecule has 0 atom stereocenters. The summed E-state index contributed by atoms with van der Waals surface area (Å²) in [7, 11) is 0. The Morgan fingerprint density at radius 1 is 1.25 bits per heavy atom. The number of nitrogens with two attached hydrogens (primary N) is 1. The molecule has 0 aliphatic carbocycles. The van der Waals surface area contributed by atoms with E-state index < -0.39 is 5.91 Å². The molecule has 0 saturated carbocycles. The molecule has 0 spiro atoms. The molecule has 0 saturated heterocycles. The molecule has 4 heteroatoms. The van der Waals surface area contributed by atoms with Crippen LogP contribution >= 0.6 is 0 Å². The summed E-state index contributed by atoms with van der Waals surface area (Å²) in [6.45, 7) is 5.53. The average molecular weight is 270 g/mol. The normalized spacial score (nSPS) is 11.3. The molecule has 1 aromatic rings. The smallest absolute Gasteiger partial charge is 0.251 e. The number of carbonyl (C=O) groups excluding carboxylic acids is 2. The predicted octanol–water partition coefficient (Wildman–Crippen LogP) is 2.05.